The van der Waals surface area contributed by atoms with Crippen LogP contribution in [0.2, 0.25) is 0 Å². The first-order valence-electron chi connectivity index (χ1n) is 7.14. The van der Waals surface area contributed by atoms with Crippen molar-refractivity contribution in [1.82, 2.24) is 4.90 Å². The Morgan fingerprint density at radius 2 is 2.00 bits per heavy atom. The van der Waals surface area contributed by atoms with Gasteiger partial charge in [0.1, 0.15) is 0 Å². The summed E-state index contributed by atoms with van der Waals surface area (Å²) in [4.78, 5) is 13.0. The molecule has 0 aliphatic heterocycles. The summed E-state index contributed by atoms with van der Waals surface area (Å²) in [6.07, 6.45) is 3.60. The molecule has 0 aromatic heterocycles. The molecular weight excluding hydrogens is 238 g/mol. The fourth-order valence-corrected chi connectivity index (χ4v) is 2.35. The van der Waals surface area contributed by atoms with Crippen LogP contribution in [0.15, 0.2) is 24.3 Å². The van der Waals surface area contributed by atoms with E-state index in [-0.39, 0.29) is 6.54 Å². The van der Waals surface area contributed by atoms with Crippen LogP contribution >= 0.6 is 0 Å². The number of carbonyl (C=O) groups is 1. The van der Waals surface area contributed by atoms with E-state index in [1.54, 1.807) is 0 Å². The van der Waals surface area contributed by atoms with Crippen molar-refractivity contribution in [3.05, 3.63) is 35.4 Å². The van der Waals surface area contributed by atoms with Gasteiger partial charge in [-0.3, -0.25) is 9.69 Å². The highest BCUT2D eigenvalue weighted by Gasteiger charge is 2.23. The first kappa shape index (κ1) is 14.1. The van der Waals surface area contributed by atoms with Crippen LogP contribution in [0.3, 0.4) is 0 Å². The molecule has 104 valence electrons. The third-order valence-corrected chi connectivity index (χ3v) is 3.97. The largest absolute Gasteiger partial charge is 0.480 e. The van der Waals surface area contributed by atoms with Crippen molar-refractivity contribution in [3.8, 4) is 0 Å². The lowest BCUT2D eigenvalue weighted by Crippen LogP contribution is -2.36. The van der Waals surface area contributed by atoms with E-state index in [0.29, 0.717) is 12.6 Å². The van der Waals surface area contributed by atoms with E-state index >= 15 is 0 Å². The van der Waals surface area contributed by atoms with Crippen molar-refractivity contribution < 1.29 is 9.90 Å². The molecular formula is C16H23NO2. The van der Waals surface area contributed by atoms with Crippen molar-refractivity contribution in [1.29, 1.82) is 0 Å². The van der Waals surface area contributed by atoms with Crippen LogP contribution in [-0.2, 0) is 11.3 Å². The van der Waals surface area contributed by atoms with Crippen LogP contribution in [0.25, 0.3) is 0 Å². The Labute approximate surface area is 115 Å². The van der Waals surface area contributed by atoms with Crippen LogP contribution in [-0.4, -0.2) is 28.6 Å². The molecule has 0 spiro atoms. The van der Waals surface area contributed by atoms with Gasteiger partial charge >= 0.3 is 5.97 Å². The SMILES string of the molecule is CCC(C)N(CC(=O)O)Cc1ccc(C2CC2)cc1. The summed E-state index contributed by atoms with van der Waals surface area (Å²) in [5, 5.41) is 8.99. The topological polar surface area (TPSA) is 40.5 Å². The molecule has 1 saturated carbocycles. The van der Waals surface area contributed by atoms with E-state index in [2.05, 4.69) is 38.1 Å². The molecule has 3 heteroatoms. The van der Waals surface area contributed by atoms with Crippen molar-refractivity contribution in [2.45, 2.75) is 51.6 Å². The second-order valence-electron chi connectivity index (χ2n) is 5.57. The minimum Gasteiger partial charge on any atom is -0.480 e. The van der Waals surface area contributed by atoms with E-state index in [4.69, 9.17) is 5.11 Å². The van der Waals surface area contributed by atoms with Crippen LogP contribution in [0.4, 0.5) is 0 Å². The smallest absolute Gasteiger partial charge is 0.317 e. The van der Waals surface area contributed by atoms with E-state index in [0.717, 1.165) is 12.3 Å². The summed E-state index contributed by atoms with van der Waals surface area (Å²) in [5.41, 5.74) is 2.63. The Morgan fingerprint density at radius 1 is 1.37 bits per heavy atom. The van der Waals surface area contributed by atoms with E-state index in [1.807, 2.05) is 4.90 Å². The molecule has 1 atom stereocenters. The van der Waals surface area contributed by atoms with E-state index < -0.39 is 5.97 Å². The second-order valence-corrected chi connectivity index (χ2v) is 5.57. The maximum absolute atomic E-state index is 10.9. The number of benzene rings is 1. The van der Waals surface area contributed by atoms with Crippen molar-refractivity contribution in [2.75, 3.05) is 6.54 Å². The number of nitrogens with zero attached hydrogens (tertiary/aromatic N) is 1. The molecule has 0 bridgehead atoms. The molecule has 1 aromatic rings. The molecule has 0 saturated heterocycles. The molecule has 1 aliphatic carbocycles. The van der Waals surface area contributed by atoms with Crippen molar-refractivity contribution in [2.24, 2.45) is 0 Å². The van der Waals surface area contributed by atoms with Gasteiger partial charge in [0, 0.05) is 12.6 Å². The third-order valence-electron chi connectivity index (χ3n) is 3.97. The highest BCUT2D eigenvalue weighted by molar-refractivity contribution is 5.69. The fourth-order valence-electron chi connectivity index (χ4n) is 2.35. The molecule has 2 rings (SSSR count). The summed E-state index contributed by atoms with van der Waals surface area (Å²) in [6, 6.07) is 8.97. The summed E-state index contributed by atoms with van der Waals surface area (Å²) in [6.45, 7) is 5.00. The fraction of sp³-hybridized carbons (Fsp3) is 0.562. The summed E-state index contributed by atoms with van der Waals surface area (Å²) >= 11 is 0. The van der Waals surface area contributed by atoms with Gasteiger partial charge in [0.15, 0.2) is 0 Å². The first-order valence-corrected chi connectivity index (χ1v) is 7.14. The highest BCUT2D eigenvalue weighted by atomic mass is 16.4. The van der Waals surface area contributed by atoms with Gasteiger partial charge in [-0.05, 0) is 43.2 Å². The van der Waals surface area contributed by atoms with Crippen LogP contribution in [0.1, 0.15) is 50.2 Å². The molecule has 0 radical (unpaired) electrons. The first-order chi connectivity index (χ1) is 9.10. The van der Waals surface area contributed by atoms with Gasteiger partial charge in [-0.25, -0.2) is 0 Å². The lowest BCUT2D eigenvalue weighted by molar-refractivity contribution is -0.139. The standard InChI is InChI=1S/C16H23NO2/c1-3-12(2)17(11-16(18)19)10-13-4-6-14(7-5-13)15-8-9-15/h4-7,12,15H,3,8-11H2,1-2H3,(H,18,19). The van der Waals surface area contributed by atoms with Crippen molar-refractivity contribution in [3.63, 3.8) is 0 Å². The van der Waals surface area contributed by atoms with Gasteiger partial charge in [0.25, 0.3) is 0 Å². The van der Waals surface area contributed by atoms with Gasteiger partial charge in [-0.1, -0.05) is 31.2 Å². The molecule has 0 heterocycles. The zero-order chi connectivity index (χ0) is 13.8. The molecule has 3 nitrogen and oxygen atoms in total. The summed E-state index contributed by atoms with van der Waals surface area (Å²) in [7, 11) is 0. The maximum Gasteiger partial charge on any atom is 0.317 e. The molecule has 19 heavy (non-hydrogen) atoms. The summed E-state index contributed by atoms with van der Waals surface area (Å²) in [5.74, 6) is 0.0219. The highest BCUT2D eigenvalue weighted by Crippen LogP contribution is 2.39. The van der Waals surface area contributed by atoms with E-state index in [1.165, 1.54) is 24.0 Å². The number of carboxylic acids is 1. The number of hydrogen-bond acceptors (Lipinski definition) is 2. The Balaban J connectivity index is 2.00. The number of rotatable bonds is 7. The Hall–Kier alpha value is -1.35. The minimum absolute atomic E-state index is 0.110. The van der Waals surface area contributed by atoms with Gasteiger partial charge in [-0.2, -0.15) is 0 Å². The maximum atomic E-state index is 10.9. The van der Waals surface area contributed by atoms with Gasteiger partial charge in [0.2, 0.25) is 0 Å². The predicted molar refractivity (Wildman–Crippen MR) is 76.2 cm³/mol. The average Bonchev–Trinajstić information content (AvgIpc) is 3.22. The third kappa shape index (κ3) is 4.06. The molecule has 1 fully saturated rings. The van der Waals surface area contributed by atoms with Crippen LogP contribution in [0.5, 0.6) is 0 Å². The van der Waals surface area contributed by atoms with Gasteiger partial charge in [-0.15, -0.1) is 0 Å². The molecule has 1 aliphatic rings. The average molecular weight is 261 g/mol. The van der Waals surface area contributed by atoms with Gasteiger partial charge < -0.3 is 5.11 Å². The number of aliphatic carboxylic acids is 1. The summed E-state index contributed by atoms with van der Waals surface area (Å²) < 4.78 is 0. The minimum atomic E-state index is -0.755. The molecule has 1 aromatic carbocycles. The predicted octanol–water partition coefficient (Wildman–Crippen LogP) is 3.25. The Bertz CT molecular complexity index is 423. The van der Waals surface area contributed by atoms with Gasteiger partial charge in [0.05, 0.1) is 6.54 Å². The lowest BCUT2D eigenvalue weighted by atomic mass is 10.1. The van der Waals surface area contributed by atoms with Crippen LogP contribution in [0, 0.1) is 0 Å². The zero-order valence-electron chi connectivity index (χ0n) is 11.8. The Morgan fingerprint density at radius 3 is 2.47 bits per heavy atom. The molecule has 1 N–H and O–H groups in total. The van der Waals surface area contributed by atoms with Crippen LogP contribution < -0.4 is 0 Å². The molecule has 1 unspecified atom stereocenters. The number of hydrogen-bond donors (Lipinski definition) is 1. The normalized spacial score (nSPS) is 16.6. The van der Waals surface area contributed by atoms with E-state index in [9.17, 15) is 4.79 Å². The quantitative estimate of drug-likeness (QED) is 0.819. The second kappa shape index (κ2) is 6.20. The Kier molecular flexibility index (Phi) is 4.59. The monoisotopic (exact) mass is 261 g/mol. The van der Waals surface area contributed by atoms with Crippen molar-refractivity contribution >= 4 is 5.97 Å². The zero-order valence-corrected chi connectivity index (χ0v) is 11.8. The molecule has 0 amide bonds. The number of carboxylic acid groups (broad SMARTS) is 1. The lowest BCUT2D eigenvalue weighted by Gasteiger charge is -2.26.